The van der Waals surface area contributed by atoms with E-state index in [1.165, 1.54) is 0 Å². The predicted octanol–water partition coefficient (Wildman–Crippen LogP) is 3.19. The van der Waals surface area contributed by atoms with Crippen LogP contribution in [-0.4, -0.2) is 29.4 Å². The molecule has 0 unspecified atom stereocenters. The highest BCUT2D eigenvalue weighted by Gasteiger charge is 2.51. The Balaban J connectivity index is 0.00000106. The molecule has 21 heavy (non-hydrogen) atoms. The summed E-state index contributed by atoms with van der Waals surface area (Å²) >= 11 is 0. The summed E-state index contributed by atoms with van der Waals surface area (Å²) in [5.41, 5.74) is 0.255. The van der Waals surface area contributed by atoms with Crippen molar-refractivity contribution in [1.29, 1.82) is 0 Å². The second-order valence-electron chi connectivity index (χ2n) is 6.18. The standard InChI is InChI=1S/C14H22BNO3.C2H6/c1-10(2)17-12-8-7-11(9-16-12)15-18-13(3,4)14(5,6)19-15;1-2/h7-10H,1-6H3;1-2H3. The average molecular weight is 293 g/mol. The van der Waals surface area contributed by atoms with Crippen molar-refractivity contribution in [3.63, 3.8) is 0 Å². The first-order chi connectivity index (χ1) is 9.71. The summed E-state index contributed by atoms with van der Waals surface area (Å²) in [7, 11) is -0.370. The molecule has 1 fully saturated rings. The van der Waals surface area contributed by atoms with Crippen LogP contribution in [0.5, 0.6) is 5.88 Å². The molecule has 1 saturated heterocycles. The summed E-state index contributed by atoms with van der Waals surface area (Å²) in [5.74, 6) is 0.621. The normalized spacial score (nSPS) is 19.2. The van der Waals surface area contributed by atoms with E-state index < -0.39 is 0 Å². The fourth-order valence-electron chi connectivity index (χ4n) is 1.82. The van der Waals surface area contributed by atoms with Crippen molar-refractivity contribution in [2.24, 2.45) is 0 Å². The molecule has 1 aliphatic rings. The molecule has 0 N–H and O–H groups in total. The monoisotopic (exact) mass is 293 g/mol. The smallest absolute Gasteiger partial charge is 0.475 e. The van der Waals surface area contributed by atoms with Gasteiger partial charge in [0.05, 0.1) is 17.3 Å². The van der Waals surface area contributed by atoms with E-state index in [0.717, 1.165) is 5.46 Å². The van der Waals surface area contributed by atoms with Gasteiger partial charge < -0.3 is 14.0 Å². The van der Waals surface area contributed by atoms with Crippen LogP contribution in [0.3, 0.4) is 0 Å². The first kappa shape index (κ1) is 18.0. The second kappa shape index (κ2) is 6.80. The van der Waals surface area contributed by atoms with Crippen LogP contribution in [0.4, 0.5) is 0 Å². The molecular weight excluding hydrogens is 265 g/mol. The van der Waals surface area contributed by atoms with E-state index in [1.54, 1.807) is 6.20 Å². The molecule has 5 heteroatoms. The van der Waals surface area contributed by atoms with Crippen molar-refractivity contribution in [2.45, 2.75) is 72.7 Å². The summed E-state index contributed by atoms with van der Waals surface area (Å²) in [4.78, 5) is 4.28. The molecule has 2 heterocycles. The van der Waals surface area contributed by atoms with Gasteiger partial charge in [0.2, 0.25) is 5.88 Å². The molecule has 0 atom stereocenters. The Morgan fingerprint density at radius 3 is 1.95 bits per heavy atom. The van der Waals surface area contributed by atoms with Crippen LogP contribution < -0.4 is 10.2 Å². The van der Waals surface area contributed by atoms with E-state index in [0.29, 0.717) is 5.88 Å². The van der Waals surface area contributed by atoms with Gasteiger partial charge in [0.25, 0.3) is 0 Å². The van der Waals surface area contributed by atoms with Crippen LogP contribution in [0, 0.1) is 0 Å². The molecule has 0 amide bonds. The first-order valence-corrected chi connectivity index (χ1v) is 7.69. The number of hydrogen-bond acceptors (Lipinski definition) is 4. The highest BCUT2D eigenvalue weighted by atomic mass is 16.7. The minimum atomic E-state index is -0.370. The van der Waals surface area contributed by atoms with Gasteiger partial charge in [-0.25, -0.2) is 4.98 Å². The Labute approximate surface area is 129 Å². The van der Waals surface area contributed by atoms with Crippen molar-refractivity contribution < 1.29 is 14.0 Å². The van der Waals surface area contributed by atoms with Crippen molar-refractivity contribution in [3.05, 3.63) is 18.3 Å². The quantitative estimate of drug-likeness (QED) is 0.802. The van der Waals surface area contributed by atoms with Crippen molar-refractivity contribution in [3.8, 4) is 5.88 Å². The van der Waals surface area contributed by atoms with E-state index in [-0.39, 0.29) is 24.4 Å². The fourth-order valence-corrected chi connectivity index (χ4v) is 1.82. The van der Waals surface area contributed by atoms with E-state index in [9.17, 15) is 0 Å². The SMILES string of the molecule is CC.CC(C)Oc1ccc(B2OC(C)(C)C(C)(C)O2)cn1. The number of nitrogens with zero attached hydrogens (tertiary/aromatic N) is 1. The number of aromatic nitrogens is 1. The molecule has 2 rings (SSSR count). The number of pyridine rings is 1. The van der Waals surface area contributed by atoms with Gasteiger partial charge in [-0.1, -0.05) is 19.9 Å². The van der Waals surface area contributed by atoms with E-state index in [4.69, 9.17) is 14.0 Å². The Hall–Kier alpha value is -1.07. The number of hydrogen-bond donors (Lipinski definition) is 0. The molecule has 0 radical (unpaired) electrons. The van der Waals surface area contributed by atoms with E-state index >= 15 is 0 Å². The predicted molar refractivity (Wildman–Crippen MR) is 87.1 cm³/mol. The Morgan fingerprint density at radius 2 is 1.57 bits per heavy atom. The zero-order valence-corrected chi connectivity index (χ0v) is 14.6. The Kier molecular flexibility index (Phi) is 5.82. The second-order valence-corrected chi connectivity index (χ2v) is 6.18. The molecule has 0 saturated carbocycles. The highest BCUT2D eigenvalue weighted by Crippen LogP contribution is 2.36. The summed E-state index contributed by atoms with van der Waals surface area (Å²) in [6.07, 6.45) is 1.87. The molecule has 1 aromatic rings. The van der Waals surface area contributed by atoms with Gasteiger partial charge in [-0.15, -0.1) is 0 Å². The summed E-state index contributed by atoms with van der Waals surface area (Å²) < 4.78 is 17.5. The molecule has 118 valence electrons. The number of rotatable bonds is 3. The maximum absolute atomic E-state index is 5.97. The van der Waals surface area contributed by atoms with Crippen LogP contribution in [0.2, 0.25) is 0 Å². The van der Waals surface area contributed by atoms with Gasteiger partial charge in [-0.2, -0.15) is 0 Å². The fraction of sp³-hybridized carbons (Fsp3) is 0.688. The third-order valence-corrected chi connectivity index (χ3v) is 3.64. The zero-order chi connectivity index (χ0) is 16.3. The summed E-state index contributed by atoms with van der Waals surface area (Å²) in [6, 6.07) is 3.78. The van der Waals surface area contributed by atoms with Gasteiger partial charge >= 0.3 is 7.12 Å². The third kappa shape index (κ3) is 4.21. The maximum atomic E-state index is 5.97. The van der Waals surface area contributed by atoms with Crippen LogP contribution in [0.25, 0.3) is 0 Å². The lowest BCUT2D eigenvalue weighted by Gasteiger charge is -2.32. The summed E-state index contributed by atoms with van der Waals surface area (Å²) in [6.45, 7) is 16.1. The van der Waals surface area contributed by atoms with Crippen LogP contribution in [0.15, 0.2) is 18.3 Å². The minimum absolute atomic E-state index is 0.121. The molecule has 4 nitrogen and oxygen atoms in total. The zero-order valence-electron chi connectivity index (χ0n) is 14.6. The lowest BCUT2D eigenvalue weighted by atomic mass is 9.80. The number of ether oxygens (including phenoxy) is 1. The van der Waals surface area contributed by atoms with Crippen LogP contribution >= 0.6 is 0 Å². The van der Waals surface area contributed by atoms with Gasteiger partial charge in [0.15, 0.2) is 0 Å². The summed E-state index contributed by atoms with van der Waals surface area (Å²) in [5, 5.41) is 0. The molecule has 0 aromatic carbocycles. The topological polar surface area (TPSA) is 40.6 Å². The lowest BCUT2D eigenvalue weighted by Crippen LogP contribution is -2.41. The lowest BCUT2D eigenvalue weighted by molar-refractivity contribution is 0.00578. The third-order valence-electron chi connectivity index (χ3n) is 3.64. The molecule has 0 bridgehead atoms. The Bertz CT molecular complexity index is 427. The van der Waals surface area contributed by atoms with E-state index in [2.05, 4.69) is 4.98 Å². The molecule has 1 aliphatic heterocycles. The van der Waals surface area contributed by atoms with Crippen LogP contribution in [0.1, 0.15) is 55.4 Å². The molecule has 1 aromatic heterocycles. The molecule has 0 aliphatic carbocycles. The minimum Gasteiger partial charge on any atom is -0.475 e. The van der Waals surface area contributed by atoms with Gasteiger partial charge in [0, 0.05) is 11.7 Å². The first-order valence-electron chi connectivity index (χ1n) is 7.69. The Morgan fingerprint density at radius 1 is 1.05 bits per heavy atom. The van der Waals surface area contributed by atoms with Gasteiger partial charge in [0.1, 0.15) is 0 Å². The van der Waals surface area contributed by atoms with Gasteiger partial charge in [-0.3, -0.25) is 0 Å². The molecule has 0 spiro atoms. The van der Waals surface area contributed by atoms with Crippen molar-refractivity contribution >= 4 is 12.6 Å². The largest absolute Gasteiger partial charge is 0.496 e. The molecular formula is C16H28BNO3. The highest BCUT2D eigenvalue weighted by molar-refractivity contribution is 6.62. The maximum Gasteiger partial charge on any atom is 0.496 e. The average Bonchev–Trinajstić information content (AvgIpc) is 2.61. The van der Waals surface area contributed by atoms with E-state index in [1.807, 2.05) is 67.5 Å². The van der Waals surface area contributed by atoms with Gasteiger partial charge in [-0.05, 0) is 47.6 Å². The van der Waals surface area contributed by atoms with Crippen LogP contribution in [-0.2, 0) is 9.31 Å². The van der Waals surface area contributed by atoms with Crippen molar-refractivity contribution in [2.75, 3.05) is 0 Å². The van der Waals surface area contributed by atoms with Crippen molar-refractivity contribution in [1.82, 2.24) is 4.98 Å².